The van der Waals surface area contributed by atoms with E-state index >= 15 is 0 Å². The van der Waals surface area contributed by atoms with Crippen LogP contribution in [-0.4, -0.2) is 63.0 Å². The topological polar surface area (TPSA) is 71.9 Å². The molecule has 2 aliphatic heterocycles. The molecule has 1 unspecified atom stereocenters. The van der Waals surface area contributed by atoms with Crippen molar-refractivity contribution in [1.29, 1.82) is 0 Å². The molecule has 0 radical (unpaired) electrons. The molecule has 0 amide bonds. The molecule has 1 aromatic carbocycles. The summed E-state index contributed by atoms with van der Waals surface area (Å²) in [6.45, 7) is 8.33. The molecule has 4 aromatic rings. The summed E-state index contributed by atoms with van der Waals surface area (Å²) >= 11 is 0. The highest BCUT2D eigenvalue weighted by Crippen LogP contribution is 2.35. The van der Waals surface area contributed by atoms with Crippen molar-refractivity contribution in [2.24, 2.45) is 0 Å². The van der Waals surface area contributed by atoms with Crippen LogP contribution in [0.2, 0.25) is 0 Å². The lowest BCUT2D eigenvalue weighted by atomic mass is 9.88. The molecule has 0 saturated carbocycles. The fourth-order valence-electron chi connectivity index (χ4n) is 5.72. The highest BCUT2D eigenvalue weighted by atomic mass is 16.5. The van der Waals surface area contributed by atoms with Gasteiger partial charge in [0.2, 0.25) is 0 Å². The van der Waals surface area contributed by atoms with Crippen molar-refractivity contribution in [3.63, 3.8) is 0 Å². The Morgan fingerprint density at radius 3 is 2.56 bits per heavy atom. The summed E-state index contributed by atoms with van der Waals surface area (Å²) in [5, 5.41) is 4.70. The minimum Gasteiger partial charge on any atom is -0.381 e. The van der Waals surface area contributed by atoms with Crippen LogP contribution >= 0.6 is 0 Å². The monoisotopic (exact) mass is 456 g/mol. The van der Waals surface area contributed by atoms with E-state index < -0.39 is 0 Å². The van der Waals surface area contributed by atoms with Crippen LogP contribution in [0, 0.1) is 13.8 Å². The van der Waals surface area contributed by atoms with Gasteiger partial charge in [-0.2, -0.15) is 5.10 Å². The average Bonchev–Trinajstić information content (AvgIpc) is 3.59. The molecule has 34 heavy (non-hydrogen) atoms. The van der Waals surface area contributed by atoms with Gasteiger partial charge in [-0.15, -0.1) is 0 Å². The van der Waals surface area contributed by atoms with E-state index in [1.807, 2.05) is 18.6 Å². The van der Waals surface area contributed by atoms with Crippen LogP contribution in [-0.2, 0) is 4.74 Å². The number of ether oxygens (including phenoxy) is 1. The summed E-state index contributed by atoms with van der Waals surface area (Å²) in [7, 11) is 2.19. The van der Waals surface area contributed by atoms with Crippen LogP contribution in [0.15, 0.2) is 36.9 Å². The third-order valence-electron chi connectivity index (χ3n) is 7.58. The summed E-state index contributed by atoms with van der Waals surface area (Å²) < 4.78 is 7.78. The summed E-state index contributed by atoms with van der Waals surface area (Å²) in [5.74, 6) is 0.500. The Balaban J connectivity index is 1.33. The van der Waals surface area contributed by atoms with Crippen molar-refractivity contribution in [2.75, 3.05) is 33.4 Å². The van der Waals surface area contributed by atoms with Gasteiger partial charge in [-0.1, -0.05) is 0 Å². The predicted octanol–water partition coefficient (Wildman–Crippen LogP) is 4.88. The maximum atomic E-state index is 5.64. The third kappa shape index (κ3) is 3.83. The first-order valence-electron chi connectivity index (χ1n) is 12.3. The molecule has 1 atom stereocenters. The SMILES string of the molecule is Cc1cc(-c2cnc3[nH]cc(-c4cnn(C5CCN(C)CC5)c4)c3n2)cc(C)c1C1CCOC1. The summed E-state index contributed by atoms with van der Waals surface area (Å²) in [6, 6.07) is 4.97. The van der Waals surface area contributed by atoms with Gasteiger partial charge >= 0.3 is 0 Å². The Kier molecular flexibility index (Phi) is 5.46. The number of benzene rings is 1. The van der Waals surface area contributed by atoms with E-state index in [1.165, 1.54) is 16.7 Å². The fourth-order valence-corrected chi connectivity index (χ4v) is 5.72. The van der Waals surface area contributed by atoms with Crippen molar-refractivity contribution in [1.82, 2.24) is 29.6 Å². The van der Waals surface area contributed by atoms with Gasteiger partial charge in [-0.25, -0.2) is 9.97 Å². The number of nitrogens with one attached hydrogen (secondary N) is 1. The maximum Gasteiger partial charge on any atom is 0.156 e. The highest BCUT2D eigenvalue weighted by Gasteiger charge is 2.23. The smallest absolute Gasteiger partial charge is 0.156 e. The largest absolute Gasteiger partial charge is 0.381 e. The molecule has 0 bridgehead atoms. The Hall–Kier alpha value is -3.03. The van der Waals surface area contributed by atoms with E-state index in [2.05, 4.69) is 53.8 Å². The van der Waals surface area contributed by atoms with Crippen LogP contribution in [0.5, 0.6) is 0 Å². The van der Waals surface area contributed by atoms with Gasteiger partial charge in [0.25, 0.3) is 0 Å². The zero-order valence-electron chi connectivity index (χ0n) is 20.2. The number of piperidine rings is 1. The Bertz CT molecular complexity index is 1300. The second kappa shape index (κ2) is 8.64. The van der Waals surface area contributed by atoms with Crippen LogP contribution in [0.1, 0.15) is 47.9 Å². The Morgan fingerprint density at radius 2 is 1.82 bits per heavy atom. The number of rotatable bonds is 4. The van der Waals surface area contributed by atoms with Crippen molar-refractivity contribution < 1.29 is 4.74 Å². The number of nitrogens with zero attached hydrogens (tertiary/aromatic N) is 5. The molecule has 2 saturated heterocycles. The summed E-state index contributed by atoms with van der Waals surface area (Å²) in [4.78, 5) is 15.4. The first-order valence-corrected chi connectivity index (χ1v) is 12.3. The normalized spacial score (nSPS) is 19.9. The maximum absolute atomic E-state index is 5.64. The van der Waals surface area contributed by atoms with E-state index in [-0.39, 0.29) is 0 Å². The summed E-state index contributed by atoms with van der Waals surface area (Å²) in [5.41, 5.74) is 9.89. The number of aromatic amines is 1. The average molecular weight is 457 g/mol. The third-order valence-corrected chi connectivity index (χ3v) is 7.58. The predicted molar refractivity (Wildman–Crippen MR) is 134 cm³/mol. The number of likely N-dealkylation sites (tertiary alicyclic amines) is 1. The Labute approximate surface area is 200 Å². The molecule has 6 rings (SSSR count). The van der Waals surface area contributed by atoms with Crippen LogP contribution in [0.4, 0.5) is 0 Å². The standard InChI is InChI=1S/C27H32N6O/c1-17-10-20(11-18(2)25(17)19-6-9-34-16-19)24-14-29-27-26(31-24)23(13-28-27)21-12-30-33(15-21)22-4-7-32(3)8-5-22/h10-15,19,22H,4-9,16H2,1-3H3,(H,28,29). The minimum atomic E-state index is 0.464. The molecule has 176 valence electrons. The molecule has 7 heteroatoms. The second-order valence-corrected chi connectivity index (χ2v) is 9.98. The first kappa shape index (κ1) is 21.5. The van der Waals surface area contributed by atoms with Gasteiger partial charge in [0.15, 0.2) is 5.65 Å². The van der Waals surface area contributed by atoms with Crippen LogP contribution in [0.3, 0.4) is 0 Å². The van der Waals surface area contributed by atoms with Crippen molar-refractivity contribution in [2.45, 2.75) is 45.1 Å². The van der Waals surface area contributed by atoms with Crippen molar-refractivity contribution >= 4 is 11.2 Å². The van der Waals surface area contributed by atoms with Gasteiger partial charge in [-0.3, -0.25) is 4.68 Å². The van der Waals surface area contributed by atoms with Crippen LogP contribution < -0.4 is 0 Å². The van der Waals surface area contributed by atoms with Gasteiger partial charge in [0.1, 0.15) is 5.52 Å². The van der Waals surface area contributed by atoms with Crippen LogP contribution in [0.25, 0.3) is 33.5 Å². The van der Waals surface area contributed by atoms with E-state index in [4.69, 9.17) is 19.8 Å². The van der Waals surface area contributed by atoms with Gasteiger partial charge in [0.05, 0.1) is 30.7 Å². The van der Waals surface area contributed by atoms with Gasteiger partial charge in [0, 0.05) is 41.6 Å². The number of hydrogen-bond donors (Lipinski definition) is 1. The number of H-pyrrole nitrogens is 1. The fraction of sp³-hybridized carbons (Fsp3) is 0.444. The van der Waals surface area contributed by atoms with E-state index in [0.29, 0.717) is 12.0 Å². The summed E-state index contributed by atoms with van der Waals surface area (Å²) in [6.07, 6.45) is 11.4. The second-order valence-electron chi connectivity index (χ2n) is 9.98. The lowest BCUT2D eigenvalue weighted by Crippen LogP contribution is -2.31. The highest BCUT2D eigenvalue weighted by molar-refractivity contribution is 5.91. The lowest BCUT2D eigenvalue weighted by molar-refractivity contribution is 0.194. The molecule has 0 spiro atoms. The van der Waals surface area contributed by atoms with Crippen molar-refractivity contribution in [3.05, 3.63) is 53.6 Å². The quantitative estimate of drug-likeness (QED) is 0.474. The van der Waals surface area contributed by atoms with Gasteiger partial charge < -0.3 is 14.6 Å². The number of hydrogen-bond acceptors (Lipinski definition) is 5. The molecular weight excluding hydrogens is 424 g/mol. The number of aromatic nitrogens is 5. The van der Waals surface area contributed by atoms with Crippen molar-refractivity contribution in [3.8, 4) is 22.4 Å². The molecule has 2 fully saturated rings. The first-order chi connectivity index (χ1) is 16.6. The van der Waals surface area contributed by atoms with E-state index in [0.717, 1.165) is 79.1 Å². The molecular formula is C27H32N6O. The molecule has 0 aliphatic carbocycles. The zero-order valence-corrected chi connectivity index (χ0v) is 20.2. The van der Waals surface area contributed by atoms with E-state index in [9.17, 15) is 0 Å². The molecule has 2 aliphatic rings. The molecule has 1 N–H and O–H groups in total. The Morgan fingerprint density at radius 1 is 1.03 bits per heavy atom. The van der Waals surface area contributed by atoms with Gasteiger partial charge in [-0.05, 0) is 82.1 Å². The number of fused-ring (bicyclic) bond motifs is 1. The molecule has 3 aromatic heterocycles. The zero-order chi connectivity index (χ0) is 23.2. The molecule has 5 heterocycles. The van der Waals surface area contributed by atoms with E-state index in [1.54, 1.807) is 0 Å². The molecule has 7 nitrogen and oxygen atoms in total. The lowest BCUT2D eigenvalue weighted by Gasteiger charge is -2.28. The number of aryl methyl sites for hydroxylation is 2. The minimum absolute atomic E-state index is 0.464.